The lowest BCUT2D eigenvalue weighted by Crippen LogP contribution is -2.51. The fourth-order valence-electron chi connectivity index (χ4n) is 2.19. The van der Waals surface area contributed by atoms with Crippen LogP contribution < -0.4 is 10.7 Å². The van der Waals surface area contributed by atoms with Gasteiger partial charge in [-0.15, -0.1) is 5.10 Å². The number of rotatable bonds is 1. The molecule has 2 rings (SSSR count). The van der Waals surface area contributed by atoms with Crippen molar-refractivity contribution in [3.05, 3.63) is 6.33 Å². The Morgan fingerprint density at radius 3 is 2.50 bits per heavy atom. The molecular formula is C9H17N5. The lowest BCUT2D eigenvalue weighted by Gasteiger charge is -2.39. The molecule has 78 valence electrons. The normalized spacial score (nSPS) is 28.0. The third-order valence-electron chi connectivity index (χ3n) is 2.88. The maximum Gasteiger partial charge on any atom is 0.241 e. The molecule has 14 heavy (non-hydrogen) atoms. The summed E-state index contributed by atoms with van der Waals surface area (Å²) < 4.78 is 0. The highest BCUT2D eigenvalue weighted by atomic mass is 15.7. The maximum absolute atomic E-state index is 5.51. The van der Waals surface area contributed by atoms with Gasteiger partial charge >= 0.3 is 0 Å². The number of hydrogen-bond donors (Lipinski definition) is 1. The molecule has 2 atom stereocenters. The van der Waals surface area contributed by atoms with Crippen LogP contribution in [0.2, 0.25) is 0 Å². The Balaban J connectivity index is 2.22. The van der Waals surface area contributed by atoms with E-state index >= 15 is 0 Å². The van der Waals surface area contributed by atoms with Crippen LogP contribution in [0.15, 0.2) is 6.33 Å². The quantitative estimate of drug-likeness (QED) is 0.718. The van der Waals surface area contributed by atoms with Crippen LogP contribution in [-0.2, 0) is 0 Å². The zero-order valence-electron chi connectivity index (χ0n) is 8.72. The molecule has 2 N–H and O–H groups in total. The first-order chi connectivity index (χ1) is 6.68. The van der Waals surface area contributed by atoms with E-state index in [0.717, 1.165) is 0 Å². The molecule has 5 nitrogen and oxygen atoms in total. The molecule has 1 fully saturated rings. The highest BCUT2D eigenvalue weighted by molar-refractivity contribution is 5.11. The van der Waals surface area contributed by atoms with Gasteiger partial charge in [-0.2, -0.15) is 9.77 Å². The Hall–Kier alpha value is -1.26. The zero-order valence-corrected chi connectivity index (χ0v) is 8.72. The smallest absolute Gasteiger partial charge is 0.241 e. The van der Waals surface area contributed by atoms with Crippen LogP contribution in [0.1, 0.15) is 33.1 Å². The molecule has 1 aliphatic rings. The monoisotopic (exact) mass is 195 g/mol. The Labute approximate surface area is 83.9 Å². The van der Waals surface area contributed by atoms with Crippen LogP contribution in [0, 0.1) is 0 Å². The minimum absolute atomic E-state index is 0.343. The van der Waals surface area contributed by atoms with Crippen LogP contribution in [0.3, 0.4) is 0 Å². The van der Waals surface area contributed by atoms with Crippen LogP contribution in [-0.4, -0.2) is 27.0 Å². The van der Waals surface area contributed by atoms with E-state index < -0.39 is 0 Å². The molecule has 1 aliphatic heterocycles. The fraction of sp³-hybridized carbons (Fsp3) is 0.778. The molecule has 0 saturated carbocycles. The van der Waals surface area contributed by atoms with E-state index in [2.05, 4.69) is 28.9 Å². The lowest BCUT2D eigenvalue weighted by atomic mass is 10.00. The van der Waals surface area contributed by atoms with E-state index in [0.29, 0.717) is 18.0 Å². The number of aromatic nitrogens is 3. The molecule has 0 bridgehead atoms. The first kappa shape index (κ1) is 9.30. The minimum Gasteiger partial charge on any atom is -0.366 e. The molecule has 0 radical (unpaired) electrons. The second-order valence-corrected chi connectivity index (χ2v) is 4.03. The van der Waals surface area contributed by atoms with Crippen molar-refractivity contribution in [2.75, 3.05) is 10.7 Å². The number of piperidine rings is 1. The van der Waals surface area contributed by atoms with Gasteiger partial charge in [0.2, 0.25) is 5.95 Å². The van der Waals surface area contributed by atoms with E-state index in [9.17, 15) is 0 Å². The SMILES string of the molecule is CC1CCCC(C)N1n1cnc(N)n1. The predicted octanol–water partition coefficient (Wildman–Crippen LogP) is 0.759. The number of nitrogens with two attached hydrogens (primary N) is 1. The van der Waals surface area contributed by atoms with Gasteiger partial charge < -0.3 is 5.73 Å². The highest BCUT2D eigenvalue weighted by Crippen LogP contribution is 2.20. The number of anilines is 1. The van der Waals surface area contributed by atoms with Gasteiger partial charge in [0, 0.05) is 12.1 Å². The van der Waals surface area contributed by atoms with E-state index in [-0.39, 0.29) is 0 Å². The third kappa shape index (κ3) is 1.54. The van der Waals surface area contributed by atoms with E-state index in [4.69, 9.17) is 5.73 Å². The molecule has 1 aromatic rings. The zero-order chi connectivity index (χ0) is 10.1. The van der Waals surface area contributed by atoms with Crippen LogP contribution in [0.4, 0.5) is 5.95 Å². The van der Waals surface area contributed by atoms with Crippen molar-refractivity contribution in [2.45, 2.75) is 45.2 Å². The van der Waals surface area contributed by atoms with Crippen molar-refractivity contribution < 1.29 is 0 Å². The average molecular weight is 195 g/mol. The van der Waals surface area contributed by atoms with Gasteiger partial charge in [0.1, 0.15) is 6.33 Å². The summed E-state index contributed by atoms with van der Waals surface area (Å²) in [5.74, 6) is 0.343. The molecule has 0 spiro atoms. The summed E-state index contributed by atoms with van der Waals surface area (Å²) in [5, 5.41) is 6.39. The van der Waals surface area contributed by atoms with Crippen molar-refractivity contribution >= 4 is 5.95 Å². The summed E-state index contributed by atoms with van der Waals surface area (Å²) in [5.41, 5.74) is 5.51. The molecular weight excluding hydrogens is 178 g/mol. The summed E-state index contributed by atoms with van der Waals surface area (Å²) in [6.45, 7) is 4.43. The average Bonchev–Trinajstić information content (AvgIpc) is 2.51. The van der Waals surface area contributed by atoms with Gasteiger partial charge in [-0.3, -0.25) is 5.01 Å². The second kappa shape index (κ2) is 3.48. The molecule has 5 heteroatoms. The predicted molar refractivity (Wildman–Crippen MR) is 55.4 cm³/mol. The highest BCUT2D eigenvalue weighted by Gasteiger charge is 2.25. The van der Waals surface area contributed by atoms with Crippen LogP contribution >= 0.6 is 0 Å². The molecule has 1 saturated heterocycles. The Morgan fingerprint density at radius 2 is 2.00 bits per heavy atom. The first-order valence-electron chi connectivity index (χ1n) is 5.14. The fourth-order valence-corrected chi connectivity index (χ4v) is 2.19. The van der Waals surface area contributed by atoms with E-state index in [1.54, 1.807) is 11.1 Å². The standard InChI is InChI=1S/C9H17N5/c1-7-4-3-5-8(2)14(7)13-6-11-9(10)12-13/h6-8H,3-5H2,1-2H3,(H2,10,12). The summed E-state index contributed by atoms with van der Waals surface area (Å²) in [7, 11) is 0. The Morgan fingerprint density at radius 1 is 1.36 bits per heavy atom. The topological polar surface area (TPSA) is 60.0 Å². The molecule has 1 aromatic heterocycles. The third-order valence-corrected chi connectivity index (χ3v) is 2.88. The van der Waals surface area contributed by atoms with E-state index in [1.807, 2.05) is 0 Å². The largest absolute Gasteiger partial charge is 0.366 e. The van der Waals surface area contributed by atoms with Crippen LogP contribution in [0.5, 0.6) is 0 Å². The Kier molecular flexibility index (Phi) is 2.31. The lowest BCUT2D eigenvalue weighted by molar-refractivity contribution is 0.318. The van der Waals surface area contributed by atoms with Crippen LogP contribution in [0.25, 0.3) is 0 Å². The van der Waals surface area contributed by atoms with Gasteiger partial charge in [0.25, 0.3) is 0 Å². The molecule has 0 aromatic carbocycles. The molecule has 0 aliphatic carbocycles. The summed E-state index contributed by atoms with van der Waals surface area (Å²) >= 11 is 0. The number of nitrogens with zero attached hydrogens (tertiary/aromatic N) is 4. The van der Waals surface area contributed by atoms with Crippen molar-refractivity contribution in [1.82, 2.24) is 14.9 Å². The number of nitrogen functional groups attached to an aromatic ring is 1. The summed E-state index contributed by atoms with van der Waals surface area (Å²) in [6.07, 6.45) is 5.41. The van der Waals surface area contributed by atoms with Crippen molar-refractivity contribution in [3.63, 3.8) is 0 Å². The summed E-state index contributed by atoms with van der Waals surface area (Å²) in [4.78, 5) is 5.73. The molecule has 2 heterocycles. The van der Waals surface area contributed by atoms with Gasteiger partial charge in [0.15, 0.2) is 0 Å². The van der Waals surface area contributed by atoms with Gasteiger partial charge in [-0.05, 0) is 33.1 Å². The van der Waals surface area contributed by atoms with Gasteiger partial charge in [-0.1, -0.05) is 0 Å². The maximum atomic E-state index is 5.51. The van der Waals surface area contributed by atoms with Crippen molar-refractivity contribution in [2.24, 2.45) is 0 Å². The minimum atomic E-state index is 0.343. The second-order valence-electron chi connectivity index (χ2n) is 4.03. The summed E-state index contributed by atoms with van der Waals surface area (Å²) in [6, 6.07) is 1.03. The number of hydrogen-bond acceptors (Lipinski definition) is 4. The Bertz CT molecular complexity index is 298. The molecule has 0 amide bonds. The van der Waals surface area contributed by atoms with Crippen molar-refractivity contribution in [1.29, 1.82) is 0 Å². The van der Waals surface area contributed by atoms with Crippen molar-refractivity contribution in [3.8, 4) is 0 Å². The van der Waals surface area contributed by atoms with E-state index in [1.165, 1.54) is 19.3 Å². The first-order valence-corrected chi connectivity index (χ1v) is 5.14. The van der Waals surface area contributed by atoms with Gasteiger partial charge in [0.05, 0.1) is 0 Å². The van der Waals surface area contributed by atoms with Gasteiger partial charge in [-0.25, -0.2) is 0 Å². The molecule has 2 unspecified atom stereocenters.